The summed E-state index contributed by atoms with van der Waals surface area (Å²) in [6, 6.07) is 11.6. The second-order valence-electron chi connectivity index (χ2n) is 4.41. The molecule has 0 bridgehead atoms. The summed E-state index contributed by atoms with van der Waals surface area (Å²) >= 11 is 0. The van der Waals surface area contributed by atoms with Crippen LogP contribution in [0, 0.1) is 0 Å². The van der Waals surface area contributed by atoms with Crippen molar-refractivity contribution in [1.29, 1.82) is 0 Å². The van der Waals surface area contributed by atoms with E-state index in [1.165, 1.54) is 0 Å². The highest BCUT2D eigenvalue weighted by molar-refractivity contribution is 6.03. The normalized spacial score (nSPS) is 10.8. The van der Waals surface area contributed by atoms with Crippen LogP contribution in [0.1, 0.15) is 24.2 Å². The fraction of sp³-hybridized carbons (Fsp3) is 0.214. The minimum Gasteiger partial charge on any atom is -0.398 e. The summed E-state index contributed by atoms with van der Waals surface area (Å²) in [5, 5.41) is 4.92. The number of fused-ring (bicyclic) bond motifs is 1. The fourth-order valence-electron chi connectivity index (χ4n) is 1.79. The van der Waals surface area contributed by atoms with Gasteiger partial charge in [0.2, 0.25) is 0 Å². The average molecular weight is 228 g/mol. The van der Waals surface area contributed by atoms with Crippen molar-refractivity contribution >= 4 is 22.4 Å². The highest BCUT2D eigenvalue weighted by atomic mass is 16.1. The van der Waals surface area contributed by atoms with Gasteiger partial charge in [-0.25, -0.2) is 0 Å². The lowest BCUT2D eigenvalue weighted by molar-refractivity contribution is 0.0944. The number of carbonyl (C=O) groups is 1. The van der Waals surface area contributed by atoms with Crippen LogP contribution in [0.3, 0.4) is 0 Å². The van der Waals surface area contributed by atoms with E-state index in [9.17, 15) is 4.79 Å². The van der Waals surface area contributed by atoms with Gasteiger partial charge in [-0.1, -0.05) is 24.3 Å². The van der Waals surface area contributed by atoms with E-state index in [1.54, 1.807) is 0 Å². The molecule has 0 aliphatic heterocycles. The zero-order valence-electron chi connectivity index (χ0n) is 10.0. The largest absolute Gasteiger partial charge is 0.398 e. The maximum Gasteiger partial charge on any atom is 0.253 e. The summed E-state index contributed by atoms with van der Waals surface area (Å²) in [6.07, 6.45) is 0. The number of rotatable bonds is 2. The molecule has 0 radical (unpaired) electrons. The Kier molecular flexibility index (Phi) is 3.00. The van der Waals surface area contributed by atoms with E-state index in [0.717, 1.165) is 10.8 Å². The third kappa shape index (κ3) is 2.38. The fourth-order valence-corrected chi connectivity index (χ4v) is 1.79. The summed E-state index contributed by atoms with van der Waals surface area (Å²) in [5.74, 6) is -0.122. The number of nitrogens with two attached hydrogens (primary N) is 1. The van der Waals surface area contributed by atoms with Gasteiger partial charge >= 0.3 is 0 Å². The van der Waals surface area contributed by atoms with Gasteiger partial charge in [-0.2, -0.15) is 0 Å². The van der Waals surface area contributed by atoms with Crippen molar-refractivity contribution in [1.82, 2.24) is 5.32 Å². The van der Waals surface area contributed by atoms with Crippen molar-refractivity contribution in [2.45, 2.75) is 19.9 Å². The smallest absolute Gasteiger partial charge is 0.253 e. The minimum absolute atomic E-state index is 0.105. The predicted octanol–water partition coefficient (Wildman–Crippen LogP) is 2.56. The second kappa shape index (κ2) is 4.45. The zero-order valence-corrected chi connectivity index (χ0v) is 10.0. The van der Waals surface area contributed by atoms with Crippen LogP contribution in [0.5, 0.6) is 0 Å². The molecule has 1 amide bonds. The number of anilines is 1. The van der Waals surface area contributed by atoms with Crippen molar-refractivity contribution in [2.75, 3.05) is 5.73 Å². The van der Waals surface area contributed by atoms with Gasteiger partial charge in [0.25, 0.3) is 5.91 Å². The second-order valence-corrected chi connectivity index (χ2v) is 4.41. The lowest BCUT2D eigenvalue weighted by Gasteiger charge is -2.11. The van der Waals surface area contributed by atoms with Gasteiger partial charge in [0, 0.05) is 11.7 Å². The van der Waals surface area contributed by atoms with Crippen LogP contribution < -0.4 is 11.1 Å². The topological polar surface area (TPSA) is 55.1 Å². The monoisotopic (exact) mass is 228 g/mol. The molecule has 0 aromatic heterocycles. The van der Waals surface area contributed by atoms with Crippen molar-refractivity contribution in [2.24, 2.45) is 0 Å². The summed E-state index contributed by atoms with van der Waals surface area (Å²) < 4.78 is 0. The quantitative estimate of drug-likeness (QED) is 0.776. The lowest BCUT2D eigenvalue weighted by atomic mass is 10.0. The molecule has 0 aliphatic carbocycles. The molecule has 0 spiro atoms. The van der Waals surface area contributed by atoms with Crippen LogP contribution in [0.25, 0.3) is 10.8 Å². The first kappa shape index (κ1) is 11.5. The average Bonchev–Trinajstić information content (AvgIpc) is 2.27. The van der Waals surface area contributed by atoms with E-state index in [2.05, 4.69) is 5.32 Å². The van der Waals surface area contributed by atoms with E-state index in [-0.39, 0.29) is 11.9 Å². The van der Waals surface area contributed by atoms with Crippen LogP contribution in [-0.4, -0.2) is 11.9 Å². The van der Waals surface area contributed by atoms with Crippen LogP contribution in [-0.2, 0) is 0 Å². The van der Waals surface area contributed by atoms with Crippen molar-refractivity contribution in [3.8, 4) is 0 Å². The molecule has 3 heteroatoms. The van der Waals surface area contributed by atoms with E-state index in [0.29, 0.717) is 11.3 Å². The van der Waals surface area contributed by atoms with Gasteiger partial charge in [0.15, 0.2) is 0 Å². The third-order valence-electron chi connectivity index (χ3n) is 2.58. The predicted molar refractivity (Wildman–Crippen MR) is 71.0 cm³/mol. The Morgan fingerprint density at radius 1 is 1.18 bits per heavy atom. The number of nitrogen functional groups attached to an aromatic ring is 1. The molecule has 0 saturated heterocycles. The van der Waals surface area contributed by atoms with Gasteiger partial charge in [-0.05, 0) is 36.8 Å². The molecule has 0 unspecified atom stereocenters. The number of nitrogens with one attached hydrogen (secondary N) is 1. The Morgan fingerprint density at radius 2 is 1.76 bits per heavy atom. The molecule has 2 aromatic rings. The van der Waals surface area contributed by atoms with E-state index in [4.69, 9.17) is 5.73 Å². The Balaban J connectivity index is 2.47. The molecule has 2 rings (SSSR count). The molecule has 0 fully saturated rings. The van der Waals surface area contributed by atoms with Gasteiger partial charge < -0.3 is 11.1 Å². The Morgan fingerprint density at radius 3 is 2.35 bits per heavy atom. The first-order valence-corrected chi connectivity index (χ1v) is 5.67. The summed E-state index contributed by atoms with van der Waals surface area (Å²) in [4.78, 5) is 11.9. The highest BCUT2D eigenvalue weighted by Gasteiger charge is 2.11. The zero-order chi connectivity index (χ0) is 12.4. The van der Waals surface area contributed by atoms with Crippen LogP contribution in [0.2, 0.25) is 0 Å². The maximum absolute atomic E-state index is 11.9. The van der Waals surface area contributed by atoms with Crippen LogP contribution >= 0.6 is 0 Å². The van der Waals surface area contributed by atoms with Gasteiger partial charge in [0.05, 0.1) is 5.56 Å². The summed E-state index contributed by atoms with van der Waals surface area (Å²) in [5.41, 5.74) is 6.96. The number of hydrogen-bond acceptors (Lipinski definition) is 2. The molecule has 0 atom stereocenters. The Bertz CT molecular complexity index is 561. The lowest BCUT2D eigenvalue weighted by Crippen LogP contribution is -2.30. The molecular formula is C14H16N2O. The van der Waals surface area contributed by atoms with Gasteiger partial charge in [-0.15, -0.1) is 0 Å². The number of benzene rings is 2. The van der Waals surface area contributed by atoms with Crippen LogP contribution in [0.15, 0.2) is 36.4 Å². The number of amides is 1. The van der Waals surface area contributed by atoms with Gasteiger partial charge in [0.1, 0.15) is 0 Å². The molecule has 3 nitrogen and oxygen atoms in total. The maximum atomic E-state index is 11.9. The number of hydrogen-bond donors (Lipinski definition) is 2. The standard InChI is InChI=1S/C14H16N2O/c1-9(2)16-14(17)12-7-10-5-3-4-6-11(10)8-13(12)15/h3-9H,15H2,1-2H3,(H,16,17). The highest BCUT2D eigenvalue weighted by Crippen LogP contribution is 2.21. The van der Waals surface area contributed by atoms with E-state index in [1.807, 2.05) is 50.2 Å². The molecule has 0 heterocycles. The molecule has 2 aromatic carbocycles. The van der Waals surface area contributed by atoms with E-state index < -0.39 is 0 Å². The number of carbonyl (C=O) groups excluding carboxylic acids is 1. The molecule has 88 valence electrons. The Hall–Kier alpha value is -2.03. The molecule has 0 saturated carbocycles. The van der Waals surface area contributed by atoms with Gasteiger partial charge in [-0.3, -0.25) is 4.79 Å². The molecule has 0 aliphatic rings. The summed E-state index contributed by atoms with van der Waals surface area (Å²) in [7, 11) is 0. The molecule has 3 N–H and O–H groups in total. The van der Waals surface area contributed by atoms with Crippen molar-refractivity contribution < 1.29 is 4.79 Å². The van der Waals surface area contributed by atoms with Crippen molar-refractivity contribution in [3.63, 3.8) is 0 Å². The minimum atomic E-state index is -0.122. The van der Waals surface area contributed by atoms with Crippen LogP contribution in [0.4, 0.5) is 5.69 Å². The first-order chi connectivity index (χ1) is 8.08. The molecular weight excluding hydrogens is 212 g/mol. The summed E-state index contributed by atoms with van der Waals surface area (Å²) in [6.45, 7) is 3.85. The van der Waals surface area contributed by atoms with E-state index >= 15 is 0 Å². The third-order valence-corrected chi connectivity index (χ3v) is 2.58. The molecule has 17 heavy (non-hydrogen) atoms. The Labute approximate surface area is 101 Å². The van der Waals surface area contributed by atoms with Crippen molar-refractivity contribution in [3.05, 3.63) is 42.0 Å². The SMILES string of the molecule is CC(C)NC(=O)c1cc2ccccc2cc1N. The first-order valence-electron chi connectivity index (χ1n) is 5.67.